The number of carbonyl (C=O) groups is 1. The van der Waals surface area contributed by atoms with Crippen LogP contribution in [0.4, 0.5) is 0 Å². The molecule has 23 heavy (non-hydrogen) atoms. The number of hydrogen-bond acceptors (Lipinski definition) is 4. The molecule has 1 aromatic heterocycles. The van der Waals surface area contributed by atoms with E-state index < -0.39 is 0 Å². The molecule has 0 aliphatic carbocycles. The summed E-state index contributed by atoms with van der Waals surface area (Å²) in [6.07, 6.45) is 2.47. The fourth-order valence-electron chi connectivity index (χ4n) is 2.31. The lowest BCUT2D eigenvalue weighted by molar-refractivity contribution is -0.117. The Bertz CT molecular complexity index is 754. The van der Waals surface area contributed by atoms with Crippen LogP contribution in [0.2, 0.25) is 0 Å². The Hall–Kier alpha value is -2.46. The summed E-state index contributed by atoms with van der Waals surface area (Å²) >= 11 is 1.51. The number of aromatic nitrogens is 1. The largest absolute Gasteiger partial charge is 0.489 e. The number of Topliss-reactive ketones (excluding diaryl/α,β-unsaturated/α-hetero) is 1. The summed E-state index contributed by atoms with van der Waals surface area (Å²) in [5.74, 6) is 0.916. The van der Waals surface area contributed by atoms with Gasteiger partial charge in [-0.3, -0.25) is 4.79 Å². The molecule has 0 aliphatic rings. The lowest BCUT2D eigenvalue weighted by Crippen LogP contribution is -2.08. The maximum absolute atomic E-state index is 12.2. The van der Waals surface area contributed by atoms with Crippen molar-refractivity contribution in [2.75, 3.05) is 0 Å². The monoisotopic (exact) mass is 323 g/mol. The molecule has 0 amide bonds. The van der Waals surface area contributed by atoms with Crippen molar-refractivity contribution in [2.24, 2.45) is 0 Å². The third kappa shape index (κ3) is 4.50. The molecule has 0 atom stereocenters. The predicted octanol–water partition coefficient (Wildman–Crippen LogP) is 4.08. The molecule has 0 fully saturated rings. The van der Waals surface area contributed by atoms with Gasteiger partial charge in [0.2, 0.25) is 0 Å². The molecule has 0 spiro atoms. The first-order valence-electron chi connectivity index (χ1n) is 7.46. The summed E-state index contributed by atoms with van der Waals surface area (Å²) in [4.78, 5) is 16.4. The molecular formula is C19H17NO2S. The molecule has 0 N–H and O–H groups in total. The molecule has 3 rings (SSSR count). The Balaban J connectivity index is 1.64. The number of ether oxygens (including phenoxy) is 1. The van der Waals surface area contributed by atoms with Crippen molar-refractivity contribution < 1.29 is 9.53 Å². The van der Waals surface area contributed by atoms with Crippen molar-refractivity contribution in [1.29, 1.82) is 0 Å². The molecule has 2 aromatic carbocycles. The van der Waals surface area contributed by atoms with Gasteiger partial charge in [-0.05, 0) is 11.6 Å². The molecule has 4 heteroatoms. The highest BCUT2D eigenvalue weighted by Crippen LogP contribution is 2.21. The molecule has 3 aromatic rings. The van der Waals surface area contributed by atoms with Crippen molar-refractivity contribution in [1.82, 2.24) is 4.98 Å². The maximum Gasteiger partial charge on any atom is 0.144 e. The fraction of sp³-hybridized carbons (Fsp3) is 0.158. The quantitative estimate of drug-likeness (QED) is 0.658. The Morgan fingerprint density at radius 2 is 1.78 bits per heavy atom. The van der Waals surface area contributed by atoms with Gasteiger partial charge < -0.3 is 4.74 Å². The van der Waals surface area contributed by atoms with Crippen LogP contribution < -0.4 is 4.74 Å². The maximum atomic E-state index is 12.2. The third-order valence-corrected chi connectivity index (χ3v) is 4.21. The van der Waals surface area contributed by atoms with Gasteiger partial charge in [-0.1, -0.05) is 48.5 Å². The first-order chi connectivity index (χ1) is 11.3. The fourth-order valence-corrected chi connectivity index (χ4v) is 2.95. The summed E-state index contributed by atoms with van der Waals surface area (Å²) in [6, 6.07) is 17.7. The van der Waals surface area contributed by atoms with E-state index >= 15 is 0 Å². The first kappa shape index (κ1) is 15.4. The van der Waals surface area contributed by atoms with E-state index in [2.05, 4.69) is 4.98 Å². The molecule has 0 saturated carbocycles. The lowest BCUT2D eigenvalue weighted by Gasteiger charge is -2.11. The average molecular weight is 323 g/mol. The Kier molecular flexibility index (Phi) is 5.17. The number of nitrogens with zero attached hydrogens (tertiary/aromatic N) is 1. The van der Waals surface area contributed by atoms with Crippen molar-refractivity contribution >= 4 is 17.1 Å². The SMILES string of the molecule is O=C(Cc1nccs1)Cc1ccccc1OCc1ccccc1. The minimum Gasteiger partial charge on any atom is -0.489 e. The normalized spacial score (nSPS) is 10.4. The first-order valence-corrected chi connectivity index (χ1v) is 8.34. The summed E-state index contributed by atoms with van der Waals surface area (Å²) in [5.41, 5.74) is 2.03. The lowest BCUT2D eigenvalue weighted by atomic mass is 10.1. The minimum atomic E-state index is 0.149. The van der Waals surface area contributed by atoms with Gasteiger partial charge in [0.05, 0.1) is 11.4 Å². The molecule has 116 valence electrons. The molecule has 3 nitrogen and oxygen atoms in total. The summed E-state index contributed by atoms with van der Waals surface area (Å²) < 4.78 is 5.89. The van der Waals surface area contributed by atoms with Gasteiger partial charge in [-0.15, -0.1) is 11.3 Å². The standard InChI is InChI=1S/C19H17NO2S/c21-17(13-19-20-10-11-23-19)12-16-8-4-5-9-18(16)22-14-15-6-2-1-3-7-15/h1-11H,12-14H2. The summed E-state index contributed by atoms with van der Waals surface area (Å²) in [7, 11) is 0. The highest BCUT2D eigenvalue weighted by atomic mass is 32.1. The molecule has 0 bridgehead atoms. The van der Waals surface area contributed by atoms with E-state index in [1.54, 1.807) is 6.20 Å². The van der Waals surface area contributed by atoms with Gasteiger partial charge in [0.1, 0.15) is 18.1 Å². The molecule has 0 aliphatic heterocycles. The van der Waals surface area contributed by atoms with E-state index in [4.69, 9.17) is 4.74 Å². The number of thiazole rings is 1. The highest BCUT2D eigenvalue weighted by Gasteiger charge is 2.11. The number of benzene rings is 2. The van der Waals surface area contributed by atoms with Crippen LogP contribution in [-0.4, -0.2) is 10.8 Å². The van der Waals surface area contributed by atoms with Crippen molar-refractivity contribution in [3.63, 3.8) is 0 Å². The molecule has 1 heterocycles. The van der Waals surface area contributed by atoms with E-state index in [1.165, 1.54) is 11.3 Å². The smallest absolute Gasteiger partial charge is 0.144 e. The predicted molar refractivity (Wildman–Crippen MR) is 91.7 cm³/mol. The number of carbonyl (C=O) groups excluding carboxylic acids is 1. The van der Waals surface area contributed by atoms with E-state index in [9.17, 15) is 4.79 Å². The van der Waals surface area contributed by atoms with E-state index in [1.807, 2.05) is 60.0 Å². The van der Waals surface area contributed by atoms with Crippen LogP contribution in [0, 0.1) is 0 Å². The van der Waals surface area contributed by atoms with Gasteiger partial charge in [0, 0.05) is 23.6 Å². The molecule has 0 radical (unpaired) electrons. The second-order valence-corrected chi connectivity index (χ2v) is 6.18. The number of ketones is 1. The van der Waals surface area contributed by atoms with E-state index in [0.717, 1.165) is 21.9 Å². The second-order valence-electron chi connectivity index (χ2n) is 5.20. The molecule has 0 saturated heterocycles. The van der Waals surface area contributed by atoms with Crippen molar-refractivity contribution in [3.8, 4) is 5.75 Å². The van der Waals surface area contributed by atoms with Crippen LogP contribution in [0.25, 0.3) is 0 Å². The van der Waals surface area contributed by atoms with Crippen LogP contribution >= 0.6 is 11.3 Å². The number of hydrogen-bond donors (Lipinski definition) is 0. The Morgan fingerprint density at radius 1 is 1.00 bits per heavy atom. The highest BCUT2D eigenvalue weighted by molar-refractivity contribution is 7.09. The van der Waals surface area contributed by atoms with Crippen LogP contribution in [0.1, 0.15) is 16.1 Å². The van der Waals surface area contributed by atoms with Gasteiger partial charge >= 0.3 is 0 Å². The zero-order chi connectivity index (χ0) is 15.9. The van der Waals surface area contributed by atoms with Crippen LogP contribution in [-0.2, 0) is 24.2 Å². The van der Waals surface area contributed by atoms with Crippen LogP contribution in [0.5, 0.6) is 5.75 Å². The summed E-state index contributed by atoms with van der Waals surface area (Å²) in [5, 5.41) is 2.75. The van der Waals surface area contributed by atoms with Gasteiger partial charge in [-0.25, -0.2) is 4.98 Å². The molecule has 0 unspecified atom stereocenters. The Labute approximate surface area is 139 Å². The van der Waals surface area contributed by atoms with Crippen LogP contribution in [0.15, 0.2) is 66.2 Å². The minimum absolute atomic E-state index is 0.149. The number of para-hydroxylation sites is 1. The topological polar surface area (TPSA) is 39.2 Å². The zero-order valence-corrected chi connectivity index (χ0v) is 13.5. The van der Waals surface area contributed by atoms with E-state index in [-0.39, 0.29) is 5.78 Å². The second kappa shape index (κ2) is 7.70. The number of rotatable bonds is 7. The third-order valence-electron chi connectivity index (χ3n) is 3.43. The van der Waals surface area contributed by atoms with Gasteiger partial charge in [-0.2, -0.15) is 0 Å². The van der Waals surface area contributed by atoms with Gasteiger partial charge in [0.25, 0.3) is 0 Å². The van der Waals surface area contributed by atoms with Gasteiger partial charge in [0.15, 0.2) is 0 Å². The van der Waals surface area contributed by atoms with Crippen molar-refractivity contribution in [2.45, 2.75) is 19.4 Å². The zero-order valence-electron chi connectivity index (χ0n) is 12.6. The van der Waals surface area contributed by atoms with Crippen LogP contribution in [0.3, 0.4) is 0 Å². The average Bonchev–Trinajstić information content (AvgIpc) is 3.08. The van der Waals surface area contributed by atoms with Crippen molar-refractivity contribution in [3.05, 3.63) is 82.3 Å². The Morgan fingerprint density at radius 3 is 2.57 bits per heavy atom. The summed E-state index contributed by atoms with van der Waals surface area (Å²) in [6.45, 7) is 0.499. The van der Waals surface area contributed by atoms with E-state index in [0.29, 0.717) is 19.4 Å². The molecular weight excluding hydrogens is 306 g/mol.